The van der Waals surface area contributed by atoms with Crippen LogP contribution in [0.1, 0.15) is 25.5 Å². The molecule has 0 aliphatic carbocycles. The van der Waals surface area contributed by atoms with Gasteiger partial charge in [0.1, 0.15) is 6.04 Å². The lowest BCUT2D eigenvalue weighted by molar-refractivity contribution is -0.137. The van der Waals surface area contributed by atoms with Gasteiger partial charge in [0.25, 0.3) is 0 Å². The van der Waals surface area contributed by atoms with Crippen LogP contribution >= 0.6 is 0 Å². The molecule has 0 radical (unpaired) electrons. The third kappa shape index (κ3) is 5.09. The van der Waals surface area contributed by atoms with Gasteiger partial charge >= 0.3 is 0 Å². The molecule has 5 nitrogen and oxygen atoms in total. The fourth-order valence-corrected chi connectivity index (χ4v) is 2.61. The van der Waals surface area contributed by atoms with Crippen molar-refractivity contribution in [2.24, 2.45) is 0 Å². The number of ether oxygens (including phenoxy) is 1. The molecular formula is C17H28N2O3. The third-order valence-corrected chi connectivity index (χ3v) is 3.72. The predicted octanol–water partition coefficient (Wildman–Crippen LogP) is 1.54. The molecule has 0 heterocycles. The van der Waals surface area contributed by atoms with Gasteiger partial charge in [0.05, 0.1) is 12.7 Å². The van der Waals surface area contributed by atoms with Crippen LogP contribution in [0.3, 0.4) is 0 Å². The van der Waals surface area contributed by atoms with E-state index in [4.69, 9.17) is 4.74 Å². The summed E-state index contributed by atoms with van der Waals surface area (Å²) in [5, 5.41) is 9.96. The molecule has 2 atom stereocenters. The van der Waals surface area contributed by atoms with E-state index in [1.54, 1.807) is 7.11 Å². The van der Waals surface area contributed by atoms with Crippen molar-refractivity contribution in [1.29, 1.82) is 0 Å². The van der Waals surface area contributed by atoms with E-state index in [2.05, 4.69) is 0 Å². The van der Waals surface area contributed by atoms with Crippen molar-refractivity contribution in [2.75, 3.05) is 40.4 Å². The maximum atomic E-state index is 12.9. The average molecular weight is 308 g/mol. The van der Waals surface area contributed by atoms with Gasteiger partial charge in [-0.25, -0.2) is 0 Å². The summed E-state index contributed by atoms with van der Waals surface area (Å²) in [6.45, 7) is 5.93. The van der Waals surface area contributed by atoms with Gasteiger partial charge in [-0.05, 0) is 26.5 Å². The van der Waals surface area contributed by atoms with Crippen molar-refractivity contribution in [1.82, 2.24) is 9.80 Å². The molecule has 1 amide bonds. The minimum atomic E-state index is -0.620. The summed E-state index contributed by atoms with van der Waals surface area (Å²) in [4.78, 5) is 16.6. The van der Waals surface area contributed by atoms with E-state index in [1.165, 1.54) is 0 Å². The lowest BCUT2D eigenvalue weighted by atomic mass is 10.0. The molecule has 0 fully saturated rings. The minimum absolute atomic E-state index is 0.0586. The number of likely N-dealkylation sites (N-methyl/N-ethyl adjacent to an activating group) is 2. The maximum absolute atomic E-state index is 12.9. The minimum Gasteiger partial charge on any atom is -0.389 e. The summed E-state index contributed by atoms with van der Waals surface area (Å²) < 4.78 is 4.97. The maximum Gasteiger partial charge on any atom is 0.244 e. The Morgan fingerprint density at radius 2 is 1.82 bits per heavy atom. The number of aliphatic hydroxyl groups excluding tert-OH is 1. The Balaban J connectivity index is 2.98. The van der Waals surface area contributed by atoms with Crippen LogP contribution < -0.4 is 0 Å². The molecule has 0 aliphatic heterocycles. The number of rotatable bonds is 9. The molecule has 0 bridgehead atoms. The fourth-order valence-electron chi connectivity index (χ4n) is 2.61. The summed E-state index contributed by atoms with van der Waals surface area (Å²) in [6.07, 6.45) is -0.620. The molecule has 1 N–H and O–H groups in total. The molecule has 2 unspecified atom stereocenters. The number of benzene rings is 1. The number of carbonyl (C=O) groups excluding carboxylic acids is 1. The predicted molar refractivity (Wildman–Crippen MR) is 87.6 cm³/mol. The quantitative estimate of drug-likeness (QED) is 0.752. The topological polar surface area (TPSA) is 53.0 Å². The van der Waals surface area contributed by atoms with E-state index < -0.39 is 12.1 Å². The molecule has 0 spiro atoms. The molecule has 1 aromatic carbocycles. The molecule has 1 aromatic rings. The molecule has 0 saturated heterocycles. The second-order valence-electron chi connectivity index (χ2n) is 5.37. The zero-order valence-electron chi connectivity index (χ0n) is 14.0. The van der Waals surface area contributed by atoms with Crippen molar-refractivity contribution in [3.8, 4) is 0 Å². The lowest BCUT2D eigenvalue weighted by Crippen LogP contribution is -2.44. The van der Waals surface area contributed by atoms with E-state index in [9.17, 15) is 9.90 Å². The van der Waals surface area contributed by atoms with Gasteiger partial charge < -0.3 is 14.7 Å². The Morgan fingerprint density at radius 1 is 1.23 bits per heavy atom. The van der Waals surface area contributed by atoms with E-state index >= 15 is 0 Å². The van der Waals surface area contributed by atoms with Crippen LogP contribution in [0.15, 0.2) is 30.3 Å². The zero-order valence-corrected chi connectivity index (χ0v) is 14.0. The molecule has 1 rings (SSSR count). The van der Waals surface area contributed by atoms with Crippen molar-refractivity contribution >= 4 is 5.91 Å². The highest BCUT2D eigenvalue weighted by atomic mass is 16.5. The number of aliphatic hydroxyl groups is 1. The number of nitrogens with zero attached hydrogens (tertiary/aromatic N) is 2. The number of hydrogen-bond donors (Lipinski definition) is 1. The van der Waals surface area contributed by atoms with Crippen molar-refractivity contribution in [3.05, 3.63) is 35.9 Å². The molecule has 124 valence electrons. The highest BCUT2D eigenvalue weighted by Gasteiger charge is 2.29. The highest BCUT2D eigenvalue weighted by Crippen LogP contribution is 2.22. The standard InChI is InChI=1S/C17H28N2O3/c1-5-19(6-2)17(21)16(14-10-8-7-9-11-14)18(3)12-15(20)13-22-4/h7-11,15-16,20H,5-6,12-13H2,1-4H3. The monoisotopic (exact) mass is 308 g/mol. The van der Waals surface area contributed by atoms with Crippen LogP contribution in [0, 0.1) is 0 Å². The van der Waals surface area contributed by atoms with E-state index in [-0.39, 0.29) is 12.5 Å². The van der Waals surface area contributed by atoms with Gasteiger partial charge in [0.15, 0.2) is 0 Å². The Hall–Kier alpha value is -1.43. The van der Waals surface area contributed by atoms with Crippen LogP contribution in [0.5, 0.6) is 0 Å². The van der Waals surface area contributed by atoms with Crippen molar-refractivity contribution < 1.29 is 14.6 Å². The van der Waals surface area contributed by atoms with Gasteiger partial charge in [-0.2, -0.15) is 0 Å². The third-order valence-electron chi connectivity index (χ3n) is 3.72. The van der Waals surface area contributed by atoms with Gasteiger partial charge in [0, 0.05) is 26.7 Å². The van der Waals surface area contributed by atoms with Crippen LogP contribution in [0.4, 0.5) is 0 Å². The molecule has 5 heteroatoms. The Kier molecular flexibility index (Phi) is 8.09. The fraction of sp³-hybridized carbons (Fsp3) is 0.588. The smallest absolute Gasteiger partial charge is 0.244 e. The lowest BCUT2D eigenvalue weighted by Gasteiger charge is -2.33. The number of carbonyl (C=O) groups is 1. The first-order valence-corrected chi connectivity index (χ1v) is 7.76. The van der Waals surface area contributed by atoms with Gasteiger partial charge in [-0.15, -0.1) is 0 Å². The molecule has 22 heavy (non-hydrogen) atoms. The Bertz CT molecular complexity index is 435. The molecule has 0 aliphatic rings. The Labute approximate surface area is 133 Å². The average Bonchev–Trinajstić information content (AvgIpc) is 2.50. The highest BCUT2D eigenvalue weighted by molar-refractivity contribution is 5.83. The largest absolute Gasteiger partial charge is 0.389 e. The van der Waals surface area contributed by atoms with Gasteiger partial charge in [-0.1, -0.05) is 30.3 Å². The van der Waals surface area contributed by atoms with Crippen LogP contribution in [0.25, 0.3) is 0 Å². The van der Waals surface area contributed by atoms with E-state index in [1.807, 2.05) is 61.0 Å². The first-order valence-electron chi connectivity index (χ1n) is 7.76. The first-order chi connectivity index (χ1) is 10.5. The van der Waals surface area contributed by atoms with Gasteiger partial charge in [0.2, 0.25) is 5.91 Å². The van der Waals surface area contributed by atoms with E-state index in [0.717, 1.165) is 5.56 Å². The SMILES string of the molecule is CCN(CC)C(=O)C(c1ccccc1)N(C)CC(O)COC. The summed E-state index contributed by atoms with van der Waals surface area (Å²) in [7, 11) is 3.41. The molecular weight excluding hydrogens is 280 g/mol. The Morgan fingerprint density at radius 3 is 2.32 bits per heavy atom. The molecule has 0 saturated carbocycles. The number of hydrogen-bond acceptors (Lipinski definition) is 4. The summed E-state index contributed by atoms with van der Waals surface area (Å²) in [6, 6.07) is 9.29. The first kappa shape index (κ1) is 18.6. The van der Waals surface area contributed by atoms with Crippen molar-refractivity contribution in [2.45, 2.75) is 26.0 Å². The van der Waals surface area contributed by atoms with Crippen molar-refractivity contribution in [3.63, 3.8) is 0 Å². The second-order valence-corrected chi connectivity index (χ2v) is 5.37. The summed E-state index contributed by atoms with van der Waals surface area (Å²) >= 11 is 0. The molecule has 0 aromatic heterocycles. The number of amides is 1. The van der Waals surface area contributed by atoms with E-state index in [0.29, 0.717) is 19.6 Å². The van der Waals surface area contributed by atoms with Gasteiger partial charge in [-0.3, -0.25) is 9.69 Å². The second kappa shape index (κ2) is 9.56. The number of methoxy groups -OCH3 is 1. The van der Waals surface area contributed by atoms with Crippen LogP contribution in [0.2, 0.25) is 0 Å². The van der Waals surface area contributed by atoms with Crippen LogP contribution in [-0.2, 0) is 9.53 Å². The van der Waals surface area contributed by atoms with Crippen LogP contribution in [-0.4, -0.2) is 67.3 Å². The zero-order chi connectivity index (χ0) is 16.5. The summed E-state index contributed by atoms with van der Waals surface area (Å²) in [5.74, 6) is 0.0586. The summed E-state index contributed by atoms with van der Waals surface area (Å²) in [5.41, 5.74) is 0.937. The normalized spacial score (nSPS) is 13.9.